The number of nitrogens with zero attached hydrogens (tertiary/aromatic N) is 1. The average molecular weight is 392 g/mol. The van der Waals surface area contributed by atoms with Crippen LogP contribution in [0.15, 0.2) is 48.7 Å². The zero-order valence-corrected chi connectivity index (χ0v) is 15.8. The van der Waals surface area contributed by atoms with Crippen molar-refractivity contribution in [1.82, 2.24) is 9.88 Å². The van der Waals surface area contributed by atoms with E-state index in [0.29, 0.717) is 6.54 Å². The number of methoxy groups -OCH3 is 1. The summed E-state index contributed by atoms with van der Waals surface area (Å²) in [5.41, 5.74) is 3.23. The Morgan fingerprint density at radius 3 is 2.64 bits per heavy atom. The van der Waals surface area contributed by atoms with Crippen LogP contribution in [0.1, 0.15) is 11.1 Å². The van der Waals surface area contributed by atoms with Gasteiger partial charge in [-0.25, -0.2) is 0 Å². The molecular weight excluding hydrogens is 369 g/mol. The van der Waals surface area contributed by atoms with Crippen LogP contribution in [-0.4, -0.2) is 31.0 Å². The zero-order valence-electron chi connectivity index (χ0n) is 15.8. The van der Waals surface area contributed by atoms with Gasteiger partial charge in [0.1, 0.15) is 11.5 Å². The first-order valence-corrected chi connectivity index (χ1v) is 8.97. The van der Waals surface area contributed by atoms with Crippen molar-refractivity contribution in [3.63, 3.8) is 0 Å². The Kier molecular flexibility index (Phi) is 6.14. The largest absolute Gasteiger partial charge is 0.497 e. The van der Waals surface area contributed by atoms with Crippen molar-refractivity contribution in [2.24, 2.45) is 7.05 Å². The molecule has 2 aromatic carbocycles. The first-order chi connectivity index (χ1) is 13.4. The van der Waals surface area contributed by atoms with Crippen LogP contribution in [0.5, 0.6) is 11.5 Å². The van der Waals surface area contributed by atoms with Crippen molar-refractivity contribution in [1.29, 1.82) is 0 Å². The van der Waals surface area contributed by atoms with Gasteiger partial charge in [-0.1, -0.05) is 12.1 Å². The highest BCUT2D eigenvalue weighted by Crippen LogP contribution is 2.25. The lowest BCUT2D eigenvalue weighted by molar-refractivity contribution is -0.153. The summed E-state index contributed by atoms with van der Waals surface area (Å²) in [4.78, 5) is 0. The van der Waals surface area contributed by atoms with E-state index >= 15 is 0 Å². The minimum absolute atomic E-state index is 0.220. The van der Waals surface area contributed by atoms with Crippen LogP contribution in [0.3, 0.4) is 0 Å². The van der Waals surface area contributed by atoms with Crippen LogP contribution < -0.4 is 14.8 Å². The van der Waals surface area contributed by atoms with Gasteiger partial charge in [0.25, 0.3) is 0 Å². The SMILES string of the molecule is COc1ccc2c(c1)c(CCNCc1cccc(OCC(F)(F)F)c1)cn2C. The van der Waals surface area contributed by atoms with E-state index in [4.69, 9.17) is 9.47 Å². The average Bonchev–Trinajstić information content (AvgIpc) is 2.98. The van der Waals surface area contributed by atoms with Gasteiger partial charge in [-0.15, -0.1) is 0 Å². The first kappa shape index (κ1) is 20.1. The van der Waals surface area contributed by atoms with Gasteiger partial charge in [0.05, 0.1) is 7.11 Å². The van der Waals surface area contributed by atoms with Crippen LogP contribution >= 0.6 is 0 Å². The molecule has 7 heteroatoms. The van der Waals surface area contributed by atoms with E-state index in [1.54, 1.807) is 19.2 Å². The summed E-state index contributed by atoms with van der Waals surface area (Å²) in [7, 11) is 3.66. The molecule has 0 atom stereocenters. The summed E-state index contributed by atoms with van der Waals surface area (Å²) < 4.78 is 49.0. The first-order valence-electron chi connectivity index (χ1n) is 8.97. The monoisotopic (exact) mass is 392 g/mol. The number of ether oxygens (including phenoxy) is 2. The maximum absolute atomic E-state index is 12.3. The second-order valence-corrected chi connectivity index (χ2v) is 6.63. The number of hydrogen-bond donors (Lipinski definition) is 1. The highest BCUT2D eigenvalue weighted by molar-refractivity contribution is 5.85. The minimum Gasteiger partial charge on any atom is -0.497 e. The second-order valence-electron chi connectivity index (χ2n) is 6.63. The fraction of sp³-hybridized carbons (Fsp3) is 0.333. The van der Waals surface area contributed by atoms with Gasteiger partial charge in [0.2, 0.25) is 0 Å². The standard InChI is InChI=1S/C21H23F3N2O2/c1-26-13-16(19-11-17(27-2)6-7-20(19)26)8-9-25-12-15-4-3-5-18(10-15)28-14-21(22,23)24/h3-7,10-11,13,25H,8-9,12,14H2,1-2H3. The van der Waals surface area contributed by atoms with Crippen molar-refractivity contribution in [3.05, 3.63) is 59.8 Å². The van der Waals surface area contributed by atoms with E-state index < -0.39 is 12.8 Å². The maximum Gasteiger partial charge on any atom is 0.422 e. The summed E-state index contributed by atoms with van der Waals surface area (Å²) in [5, 5.41) is 4.49. The smallest absolute Gasteiger partial charge is 0.422 e. The molecule has 1 N–H and O–H groups in total. The topological polar surface area (TPSA) is 35.4 Å². The van der Waals surface area contributed by atoms with E-state index in [1.165, 1.54) is 11.6 Å². The van der Waals surface area contributed by atoms with Crippen molar-refractivity contribution < 1.29 is 22.6 Å². The maximum atomic E-state index is 12.3. The molecule has 0 bridgehead atoms. The Bertz CT molecular complexity index is 935. The van der Waals surface area contributed by atoms with Gasteiger partial charge in [0, 0.05) is 30.7 Å². The molecule has 0 fully saturated rings. The molecule has 0 aliphatic heterocycles. The van der Waals surface area contributed by atoms with Crippen molar-refractivity contribution in [3.8, 4) is 11.5 Å². The molecular formula is C21H23F3N2O2. The third-order valence-electron chi connectivity index (χ3n) is 4.48. The van der Waals surface area contributed by atoms with Gasteiger partial charge in [0.15, 0.2) is 6.61 Å². The second kappa shape index (κ2) is 8.56. The Hall–Kier alpha value is -2.67. The Morgan fingerprint density at radius 1 is 1.07 bits per heavy atom. The molecule has 150 valence electrons. The number of halogens is 3. The lowest BCUT2D eigenvalue weighted by Crippen LogP contribution is -2.19. The molecule has 0 saturated carbocycles. The third kappa shape index (κ3) is 5.19. The molecule has 1 aromatic heterocycles. The summed E-state index contributed by atoms with van der Waals surface area (Å²) in [6, 6.07) is 12.7. The predicted octanol–water partition coefficient (Wildman–Crippen LogP) is 4.46. The molecule has 0 unspecified atom stereocenters. The van der Waals surface area contributed by atoms with Gasteiger partial charge >= 0.3 is 6.18 Å². The summed E-state index contributed by atoms with van der Waals surface area (Å²) >= 11 is 0. The summed E-state index contributed by atoms with van der Waals surface area (Å²) in [6.07, 6.45) is -1.40. The number of fused-ring (bicyclic) bond motifs is 1. The van der Waals surface area contributed by atoms with Crippen LogP contribution in [0.4, 0.5) is 13.2 Å². The lowest BCUT2D eigenvalue weighted by atomic mass is 10.1. The highest BCUT2D eigenvalue weighted by Gasteiger charge is 2.28. The van der Waals surface area contributed by atoms with Gasteiger partial charge in [-0.2, -0.15) is 13.2 Å². The van der Waals surface area contributed by atoms with Crippen LogP contribution in [-0.2, 0) is 20.0 Å². The summed E-state index contributed by atoms with van der Waals surface area (Å²) in [6.45, 7) is 0.00961. The third-order valence-corrected chi connectivity index (χ3v) is 4.48. The minimum atomic E-state index is -4.34. The van der Waals surface area contributed by atoms with Crippen molar-refractivity contribution in [2.45, 2.75) is 19.1 Å². The molecule has 28 heavy (non-hydrogen) atoms. The van der Waals surface area contributed by atoms with Crippen molar-refractivity contribution >= 4 is 10.9 Å². The molecule has 0 amide bonds. The number of rotatable bonds is 8. The Morgan fingerprint density at radius 2 is 1.89 bits per heavy atom. The molecule has 3 aromatic rings. The number of hydrogen-bond acceptors (Lipinski definition) is 3. The highest BCUT2D eigenvalue weighted by atomic mass is 19.4. The molecule has 0 saturated heterocycles. The molecule has 4 nitrogen and oxygen atoms in total. The lowest BCUT2D eigenvalue weighted by Gasteiger charge is -2.10. The molecule has 0 radical (unpaired) electrons. The normalized spacial score (nSPS) is 11.8. The fourth-order valence-electron chi connectivity index (χ4n) is 3.15. The van der Waals surface area contributed by atoms with Gasteiger partial charge in [-0.3, -0.25) is 0 Å². The molecule has 3 rings (SSSR count). The number of aromatic nitrogens is 1. The number of nitrogens with one attached hydrogen (secondary N) is 1. The van der Waals surface area contributed by atoms with E-state index in [9.17, 15) is 13.2 Å². The predicted molar refractivity (Wildman–Crippen MR) is 103 cm³/mol. The van der Waals surface area contributed by atoms with Gasteiger partial charge < -0.3 is 19.4 Å². The number of benzene rings is 2. The number of alkyl halides is 3. The van der Waals surface area contributed by atoms with E-state index in [1.807, 2.05) is 31.3 Å². The Balaban J connectivity index is 1.56. The van der Waals surface area contributed by atoms with E-state index in [-0.39, 0.29) is 5.75 Å². The van der Waals surface area contributed by atoms with E-state index in [2.05, 4.69) is 16.1 Å². The number of aryl methyl sites for hydroxylation is 1. The van der Waals surface area contributed by atoms with E-state index in [0.717, 1.165) is 35.2 Å². The quantitative estimate of drug-likeness (QED) is 0.575. The summed E-state index contributed by atoms with van der Waals surface area (Å²) in [5.74, 6) is 1.04. The zero-order chi connectivity index (χ0) is 20.1. The van der Waals surface area contributed by atoms with Crippen LogP contribution in [0.25, 0.3) is 10.9 Å². The molecule has 1 heterocycles. The molecule has 0 aliphatic rings. The molecule has 0 aliphatic carbocycles. The van der Waals surface area contributed by atoms with Gasteiger partial charge in [-0.05, 0) is 54.4 Å². The fourth-order valence-corrected chi connectivity index (χ4v) is 3.15. The van der Waals surface area contributed by atoms with Crippen molar-refractivity contribution in [2.75, 3.05) is 20.3 Å². The molecule has 0 spiro atoms. The Labute approximate surface area is 161 Å². The van der Waals surface area contributed by atoms with Crippen LogP contribution in [0, 0.1) is 0 Å². The van der Waals surface area contributed by atoms with Crippen LogP contribution in [0.2, 0.25) is 0 Å².